The first-order valence-corrected chi connectivity index (χ1v) is 11.8. The standard InChI is InChI=1S/C23H19ClN2O3S2/c1-13-19(22(28)29-2)20(15-6-10-17(30-3)11-7-15)26-21(27)18(31-23(26)25-13)12-14-4-8-16(24)9-5-14/h4-12,20H,1-3H3. The van der Waals surface area contributed by atoms with Gasteiger partial charge in [0.15, 0.2) is 4.80 Å². The van der Waals surface area contributed by atoms with E-state index in [4.69, 9.17) is 16.3 Å². The van der Waals surface area contributed by atoms with Crippen LogP contribution in [0.1, 0.15) is 24.1 Å². The molecule has 1 aliphatic heterocycles. The Morgan fingerprint density at radius 2 is 1.87 bits per heavy atom. The lowest BCUT2D eigenvalue weighted by Crippen LogP contribution is -2.39. The van der Waals surface area contributed by atoms with Gasteiger partial charge in [-0.15, -0.1) is 11.8 Å². The minimum absolute atomic E-state index is 0.202. The number of nitrogens with zero attached hydrogens (tertiary/aromatic N) is 2. The molecule has 1 aromatic heterocycles. The molecule has 2 heterocycles. The lowest BCUT2D eigenvalue weighted by molar-refractivity contribution is -0.136. The molecule has 158 valence electrons. The van der Waals surface area contributed by atoms with Gasteiger partial charge in [0.05, 0.1) is 29.0 Å². The number of esters is 1. The first-order chi connectivity index (χ1) is 14.9. The van der Waals surface area contributed by atoms with Gasteiger partial charge in [-0.3, -0.25) is 9.36 Å². The van der Waals surface area contributed by atoms with Crippen LogP contribution in [0.15, 0.2) is 74.5 Å². The van der Waals surface area contributed by atoms with Crippen molar-refractivity contribution in [2.75, 3.05) is 13.4 Å². The number of ether oxygens (including phenoxy) is 1. The molecular formula is C23H19ClN2O3S2. The third-order valence-corrected chi connectivity index (χ3v) is 7.00. The maximum Gasteiger partial charge on any atom is 0.338 e. The molecule has 0 spiro atoms. The summed E-state index contributed by atoms with van der Waals surface area (Å²) in [4.78, 5) is 32.3. The van der Waals surface area contributed by atoms with Crippen LogP contribution in [0, 0.1) is 0 Å². The van der Waals surface area contributed by atoms with Crippen molar-refractivity contribution in [1.82, 2.24) is 4.57 Å². The van der Waals surface area contributed by atoms with Crippen molar-refractivity contribution < 1.29 is 9.53 Å². The second kappa shape index (κ2) is 8.86. The van der Waals surface area contributed by atoms with E-state index in [0.29, 0.717) is 25.6 Å². The summed E-state index contributed by atoms with van der Waals surface area (Å²) < 4.78 is 7.15. The summed E-state index contributed by atoms with van der Waals surface area (Å²) in [5.74, 6) is -0.493. The number of rotatable bonds is 4. The molecule has 0 amide bonds. The van der Waals surface area contributed by atoms with E-state index in [2.05, 4.69) is 4.99 Å². The lowest BCUT2D eigenvalue weighted by atomic mass is 9.96. The van der Waals surface area contributed by atoms with Gasteiger partial charge in [0.2, 0.25) is 0 Å². The van der Waals surface area contributed by atoms with Gasteiger partial charge in [0.25, 0.3) is 5.56 Å². The number of hydrogen-bond acceptors (Lipinski definition) is 6. The van der Waals surface area contributed by atoms with Crippen molar-refractivity contribution >= 4 is 46.7 Å². The predicted octanol–water partition coefficient (Wildman–Crippen LogP) is 3.78. The Morgan fingerprint density at radius 1 is 1.19 bits per heavy atom. The summed E-state index contributed by atoms with van der Waals surface area (Å²) in [6.45, 7) is 1.77. The fourth-order valence-corrected chi connectivity index (χ4v) is 5.09. The Kier molecular flexibility index (Phi) is 6.18. The average Bonchev–Trinajstić information content (AvgIpc) is 3.08. The number of allylic oxidation sites excluding steroid dienone is 1. The van der Waals surface area contributed by atoms with Gasteiger partial charge in [-0.05, 0) is 54.6 Å². The minimum atomic E-state index is -0.605. The molecule has 1 unspecified atom stereocenters. The number of aromatic nitrogens is 1. The summed E-state index contributed by atoms with van der Waals surface area (Å²) >= 11 is 8.89. The molecule has 4 rings (SSSR count). The van der Waals surface area contributed by atoms with Crippen LogP contribution in [0.25, 0.3) is 6.08 Å². The quantitative estimate of drug-likeness (QED) is 0.430. The third-order valence-electron chi connectivity index (χ3n) is 5.03. The van der Waals surface area contributed by atoms with Gasteiger partial charge in [-0.2, -0.15) is 0 Å². The molecule has 8 heteroatoms. The molecule has 2 aromatic carbocycles. The molecule has 31 heavy (non-hydrogen) atoms. The highest BCUT2D eigenvalue weighted by Gasteiger charge is 2.33. The van der Waals surface area contributed by atoms with Gasteiger partial charge < -0.3 is 4.74 Å². The van der Waals surface area contributed by atoms with E-state index >= 15 is 0 Å². The topological polar surface area (TPSA) is 60.7 Å². The van der Waals surface area contributed by atoms with Crippen molar-refractivity contribution in [3.05, 3.63) is 95.6 Å². The highest BCUT2D eigenvalue weighted by atomic mass is 35.5. The van der Waals surface area contributed by atoms with Crippen molar-refractivity contribution in [2.24, 2.45) is 4.99 Å². The highest BCUT2D eigenvalue weighted by Crippen LogP contribution is 2.31. The van der Waals surface area contributed by atoms with Crippen LogP contribution < -0.4 is 14.9 Å². The van der Waals surface area contributed by atoms with Crippen LogP contribution >= 0.6 is 34.7 Å². The molecule has 0 aliphatic carbocycles. The van der Waals surface area contributed by atoms with E-state index in [1.807, 2.05) is 48.7 Å². The lowest BCUT2D eigenvalue weighted by Gasteiger charge is -2.24. The summed E-state index contributed by atoms with van der Waals surface area (Å²) in [6.07, 6.45) is 3.81. The van der Waals surface area contributed by atoms with Crippen LogP contribution in [0.2, 0.25) is 5.02 Å². The van der Waals surface area contributed by atoms with E-state index in [1.54, 1.807) is 35.4 Å². The van der Waals surface area contributed by atoms with Crippen LogP contribution in [-0.4, -0.2) is 23.9 Å². The Hall–Kier alpha value is -2.61. The van der Waals surface area contributed by atoms with Gasteiger partial charge in [-0.25, -0.2) is 9.79 Å². The number of benzene rings is 2. The monoisotopic (exact) mass is 470 g/mol. The molecule has 0 fully saturated rings. The predicted molar refractivity (Wildman–Crippen MR) is 125 cm³/mol. The Labute approximate surface area is 192 Å². The maximum absolute atomic E-state index is 13.4. The van der Waals surface area contributed by atoms with Gasteiger partial charge in [0, 0.05) is 9.92 Å². The number of hydrogen-bond donors (Lipinski definition) is 0. The van der Waals surface area contributed by atoms with Crippen molar-refractivity contribution in [3.8, 4) is 0 Å². The number of methoxy groups -OCH3 is 1. The molecule has 1 atom stereocenters. The van der Waals surface area contributed by atoms with Crippen molar-refractivity contribution in [1.29, 1.82) is 0 Å². The summed E-state index contributed by atoms with van der Waals surface area (Å²) in [5, 5.41) is 0.630. The number of halogens is 1. The molecule has 3 aromatic rings. The van der Waals surface area contributed by atoms with E-state index < -0.39 is 12.0 Å². The van der Waals surface area contributed by atoms with Gasteiger partial charge in [-0.1, -0.05) is 47.2 Å². The second-order valence-corrected chi connectivity index (χ2v) is 9.22. The smallest absolute Gasteiger partial charge is 0.338 e. The van der Waals surface area contributed by atoms with Crippen molar-refractivity contribution in [2.45, 2.75) is 17.9 Å². The number of fused-ring (bicyclic) bond motifs is 1. The first kappa shape index (κ1) is 21.6. The first-order valence-electron chi connectivity index (χ1n) is 9.43. The molecule has 0 radical (unpaired) electrons. The molecule has 5 nitrogen and oxygen atoms in total. The summed E-state index contributed by atoms with van der Waals surface area (Å²) in [6, 6.07) is 14.5. The SMILES string of the molecule is COC(=O)C1=C(C)N=c2sc(=Cc3ccc(Cl)cc3)c(=O)n2C1c1ccc(SC)cc1. The zero-order valence-electron chi connectivity index (χ0n) is 17.1. The second-order valence-electron chi connectivity index (χ2n) is 6.90. The highest BCUT2D eigenvalue weighted by molar-refractivity contribution is 7.98. The molecule has 0 bridgehead atoms. The van der Waals surface area contributed by atoms with E-state index in [0.717, 1.165) is 16.0 Å². The van der Waals surface area contributed by atoms with E-state index in [9.17, 15) is 9.59 Å². The number of carbonyl (C=O) groups is 1. The molecular weight excluding hydrogens is 452 g/mol. The summed E-state index contributed by atoms with van der Waals surface area (Å²) in [7, 11) is 1.34. The van der Waals surface area contributed by atoms with Gasteiger partial charge in [0.1, 0.15) is 0 Å². The fraction of sp³-hybridized carbons (Fsp3) is 0.174. The molecule has 0 saturated carbocycles. The maximum atomic E-state index is 13.4. The number of thioether (sulfide) groups is 1. The Balaban J connectivity index is 1.94. The number of thiazole rings is 1. The van der Waals surface area contributed by atoms with E-state index in [-0.39, 0.29) is 5.56 Å². The Morgan fingerprint density at radius 3 is 2.48 bits per heavy atom. The normalized spacial score (nSPS) is 16.1. The van der Waals surface area contributed by atoms with Crippen LogP contribution in [-0.2, 0) is 9.53 Å². The minimum Gasteiger partial charge on any atom is -0.466 e. The fourth-order valence-electron chi connectivity index (χ4n) is 3.50. The van der Waals surface area contributed by atoms with E-state index in [1.165, 1.54) is 18.4 Å². The van der Waals surface area contributed by atoms with Crippen molar-refractivity contribution in [3.63, 3.8) is 0 Å². The van der Waals surface area contributed by atoms with Crippen LogP contribution in [0.3, 0.4) is 0 Å². The van der Waals surface area contributed by atoms with Gasteiger partial charge >= 0.3 is 5.97 Å². The molecule has 0 N–H and O–H groups in total. The zero-order chi connectivity index (χ0) is 22.1. The molecule has 0 saturated heterocycles. The van der Waals surface area contributed by atoms with Crippen LogP contribution in [0.4, 0.5) is 0 Å². The third kappa shape index (κ3) is 4.13. The average molecular weight is 471 g/mol. The van der Waals surface area contributed by atoms with Crippen LogP contribution in [0.5, 0.6) is 0 Å². The molecule has 1 aliphatic rings. The zero-order valence-corrected chi connectivity index (χ0v) is 19.5. The largest absolute Gasteiger partial charge is 0.466 e. The Bertz CT molecular complexity index is 1350. The summed E-state index contributed by atoms with van der Waals surface area (Å²) in [5.41, 5.74) is 2.40. The number of carbonyl (C=O) groups excluding carboxylic acids is 1.